The Morgan fingerprint density at radius 2 is 2.06 bits per heavy atom. The first-order valence-electron chi connectivity index (χ1n) is 6.65. The van der Waals surface area contributed by atoms with Crippen LogP contribution in [0.4, 0.5) is 0 Å². The number of amides is 1. The first-order chi connectivity index (χ1) is 8.53. The van der Waals surface area contributed by atoms with E-state index < -0.39 is 5.54 Å². The van der Waals surface area contributed by atoms with Crippen LogP contribution in [0.15, 0.2) is 24.3 Å². The number of hydrogen-bond donors (Lipinski definition) is 2. The number of benzene rings is 1. The Bertz CT molecular complexity index is 442. The molecule has 1 unspecified atom stereocenters. The van der Waals surface area contributed by atoms with Gasteiger partial charge in [0.05, 0.1) is 0 Å². The fourth-order valence-electron chi connectivity index (χ4n) is 2.58. The number of carbonyl (C=O) groups is 1. The fraction of sp³-hybridized carbons (Fsp3) is 0.533. The Labute approximate surface area is 109 Å². The third-order valence-electron chi connectivity index (χ3n) is 3.75. The molecular formula is C15H22N2O. The third-order valence-corrected chi connectivity index (χ3v) is 3.75. The van der Waals surface area contributed by atoms with E-state index in [2.05, 4.69) is 37.4 Å². The monoisotopic (exact) mass is 246 g/mol. The topological polar surface area (TPSA) is 55.1 Å². The second-order valence-corrected chi connectivity index (χ2v) is 5.67. The fourth-order valence-corrected chi connectivity index (χ4v) is 2.58. The van der Waals surface area contributed by atoms with Crippen molar-refractivity contribution in [2.24, 2.45) is 11.7 Å². The molecule has 1 aromatic rings. The molecular weight excluding hydrogens is 224 g/mol. The molecule has 18 heavy (non-hydrogen) atoms. The molecule has 3 heteroatoms. The smallest absolute Gasteiger partial charge is 0.238 e. The molecule has 0 radical (unpaired) electrons. The van der Waals surface area contributed by atoms with Crippen molar-refractivity contribution in [1.29, 1.82) is 0 Å². The normalized spacial score (nSPS) is 22.8. The van der Waals surface area contributed by atoms with Gasteiger partial charge >= 0.3 is 0 Å². The molecule has 3 nitrogen and oxygen atoms in total. The maximum Gasteiger partial charge on any atom is 0.238 e. The number of fused-ring (bicyclic) bond motifs is 1. The zero-order valence-corrected chi connectivity index (χ0v) is 11.2. The van der Waals surface area contributed by atoms with Gasteiger partial charge in [-0.25, -0.2) is 0 Å². The first kappa shape index (κ1) is 13.1. The molecule has 1 aromatic carbocycles. The van der Waals surface area contributed by atoms with Gasteiger partial charge in [0.1, 0.15) is 5.54 Å². The number of primary amides is 1. The molecule has 0 aliphatic heterocycles. The van der Waals surface area contributed by atoms with Crippen LogP contribution in [-0.4, -0.2) is 18.0 Å². The second-order valence-electron chi connectivity index (χ2n) is 5.67. The van der Waals surface area contributed by atoms with Crippen molar-refractivity contribution in [2.45, 2.75) is 38.6 Å². The first-order valence-corrected chi connectivity index (χ1v) is 6.65. The molecule has 1 amide bonds. The molecule has 0 spiro atoms. The largest absolute Gasteiger partial charge is 0.368 e. The molecule has 1 atom stereocenters. The van der Waals surface area contributed by atoms with Crippen molar-refractivity contribution in [3.63, 3.8) is 0 Å². The van der Waals surface area contributed by atoms with Crippen LogP contribution in [-0.2, 0) is 17.6 Å². The molecule has 0 saturated heterocycles. The number of nitrogens with one attached hydrogen (secondary N) is 1. The van der Waals surface area contributed by atoms with E-state index in [0.717, 1.165) is 19.4 Å². The SMILES string of the molecule is CC(C)CNC1(C(N)=O)CCc2ccccc2C1. The zero-order chi connectivity index (χ0) is 13.2. The highest BCUT2D eigenvalue weighted by molar-refractivity contribution is 5.85. The van der Waals surface area contributed by atoms with Gasteiger partial charge in [0, 0.05) is 0 Å². The van der Waals surface area contributed by atoms with E-state index in [0.29, 0.717) is 12.3 Å². The van der Waals surface area contributed by atoms with E-state index >= 15 is 0 Å². The van der Waals surface area contributed by atoms with E-state index in [9.17, 15) is 4.79 Å². The number of carbonyl (C=O) groups excluding carboxylic acids is 1. The lowest BCUT2D eigenvalue weighted by Gasteiger charge is -2.37. The predicted molar refractivity (Wildman–Crippen MR) is 73.2 cm³/mol. The van der Waals surface area contributed by atoms with Crippen LogP contribution in [0, 0.1) is 5.92 Å². The highest BCUT2D eigenvalue weighted by atomic mass is 16.1. The standard InChI is InChI=1S/C15H22N2O/c1-11(2)10-17-15(14(16)18)8-7-12-5-3-4-6-13(12)9-15/h3-6,11,17H,7-10H2,1-2H3,(H2,16,18). The Morgan fingerprint density at radius 3 is 2.67 bits per heavy atom. The lowest BCUT2D eigenvalue weighted by molar-refractivity contribution is -0.125. The van der Waals surface area contributed by atoms with Crippen LogP contribution in [0.1, 0.15) is 31.4 Å². The summed E-state index contributed by atoms with van der Waals surface area (Å²) in [4.78, 5) is 11.9. The Hall–Kier alpha value is -1.35. The summed E-state index contributed by atoms with van der Waals surface area (Å²) < 4.78 is 0. The summed E-state index contributed by atoms with van der Waals surface area (Å²) in [5, 5.41) is 3.40. The summed E-state index contributed by atoms with van der Waals surface area (Å²) >= 11 is 0. The van der Waals surface area contributed by atoms with Crippen molar-refractivity contribution in [3.05, 3.63) is 35.4 Å². The Balaban J connectivity index is 2.21. The van der Waals surface area contributed by atoms with Crippen molar-refractivity contribution in [3.8, 4) is 0 Å². The molecule has 1 aliphatic rings. The molecule has 98 valence electrons. The molecule has 0 aromatic heterocycles. The molecule has 1 aliphatic carbocycles. The lowest BCUT2D eigenvalue weighted by atomic mass is 9.77. The van der Waals surface area contributed by atoms with Gasteiger partial charge in [0.25, 0.3) is 0 Å². The van der Waals surface area contributed by atoms with Crippen molar-refractivity contribution < 1.29 is 4.79 Å². The lowest BCUT2D eigenvalue weighted by Crippen LogP contribution is -2.59. The highest BCUT2D eigenvalue weighted by Gasteiger charge is 2.39. The summed E-state index contributed by atoms with van der Waals surface area (Å²) in [6.07, 6.45) is 2.43. The van der Waals surface area contributed by atoms with Gasteiger partial charge in [0.15, 0.2) is 0 Å². The minimum atomic E-state index is -0.557. The number of hydrogen-bond acceptors (Lipinski definition) is 2. The van der Waals surface area contributed by atoms with Gasteiger partial charge in [-0.3, -0.25) is 4.79 Å². The second kappa shape index (κ2) is 5.11. The van der Waals surface area contributed by atoms with E-state index in [4.69, 9.17) is 5.73 Å². The molecule has 0 saturated carbocycles. The van der Waals surface area contributed by atoms with Crippen molar-refractivity contribution in [1.82, 2.24) is 5.32 Å². The molecule has 0 bridgehead atoms. The Morgan fingerprint density at radius 1 is 1.39 bits per heavy atom. The summed E-state index contributed by atoms with van der Waals surface area (Å²) in [6.45, 7) is 5.10. The quantitative estimate of drug-likeness (QED) is 0.848. The van der Waals surface area contributed by atoms with Crippen molar-refractivity contribution in [2.75, 3.05) is 6.54 Å². The minimum absolute atomic E-state index is 0.224. The summed E-state index contributed by atoms with van der Waals surface area (Å²) in [5.41, 5.74) is 7.68. The molecule has 0 fully saturated rings. The number of aryl methyl sites for hydroxylation is 1. The van der Waals surface area contributed by atoms with Gasteiger partial charge in [-0.1, -0.05) is 38.1 Å². The van der Waals surface area contributed by atoms with Crippen LogP contribution in [0.5, 0.6) is 0 Å². The maximum atomic E-state index is 11.9. The molecule has 3 N–H and O–H groups in total. The van der Waals surface area contributed by atoms with Gasteiger partial charge < -0.3 is 11.1 Å². The van der Waals surface area contributed by atoms with Crippen LogP contribution in [0.2, 0.25) is 0 Å². The maximum absolute atomic E-state index is 11.9. The van der Waals surface area contributed by atoms with Crippen LogP contribution < -0.4 is 11.1 Å². The average Bonchev–Trinajstić information content (AvgIpc) is 2.36. The average molecular weight is 246 g/mol. The van der Waals surface area contributed by atoms with E-state index in [1.165, 1.54) is 11.1 Å². The minimum Gasteiger partial charge on any atom is -0.368 e. The zero-order valence-electron chi connectivity index (χ0n) is 11.2. The van der Waals surface area contributed by atoms with Gasteiger partial charge in [-0.2, -0.15) is 0 Å². The van der Waals surface area contributed by atoms with Crippen molar-refractivity contribution >= 4 is 5.91 Å². The predicted octanol–water partition coefficient (Wildman–Crippen LogP) is 1.64. The summed E-state index contributed by atoms with van der Waals surface area (Å²) in [7, 11) is 0. The van der Waals surface area contributed by atoms with Gasteiger partial charge in [-0.15, -0.1) is 0 Å². The number of nitrogens with two attached hydrogens (primary N) is 1. The van der Waals surface area contributed by atoms with Gasteiger partial charge in [0.2, 0.25) is 5.91 Å². The summed E-state index contributed by atoms with van der Waals surface area (Å²) in [6, 6.07) is 8.32. The van der Waals surface area contributed by atoms with Crippen LogP contribution in [0.3, 0.4) is 0 Å². The third kappa shape index (κ3) is 2.56. The molecule has 0 heterocycles. The highest BCUT2D eigenvalue weighted by Crippen LogP contribution is 2.28. The van der Waals surface area contributed by atoms with Crippen LogP contribution >= 0.6 is 0 Å². The summed E-state index contributed by atoms with van der Waals surface area (Å²) in [5.74, 6) is 0.288. The van der Waals surface area contributed by atoms with Gasteiger partial charge in [-0.05, 0) is 42.9 Å². The Kier molecular flexibility index (Phi) is 3.71. The number of rotatable bonds is 4. The van der Waals surface area contributed by atoms with E-state index in [1.54, 1.807) is 0 Å². The van der Waals surface area contributed by atoms with E-state index in [1.807, 2.05) is 6.07 Å². The molecule has 2 rings (SSSR count). The van der Waals surface area contributed by atoms with E-state index in [-0.39, 0.29) is 5.91 Å². The van der Waals surface area contributed by atoms with Crippen LogP contribution in [0.25, 0.3) is 0 Å².